The number of rotatable bonds is 7. The van der Waals surface area contributed by atoms with Crippen LogP contribution < -0.4 is 5.32 Å². The summed E-state index contributed by atoms with van der Waals surface area (Å²) < 4.78 is 26.4. The summed E-state index contributed by atoms with van der Waals surface area (Å²) in [6, 6.07) is 12.6. The van der Waals surface area contributed by atoms with E-state index in [4.69, 9.17) is 0 Å². The molecule has 2 aromatic rings. The number of carbonyl (C=O) groups is 1. The first-order chi connectivity index (χ1) is 12.3. The van der Waals surface area contributed by atoms with E-state index in [2.05, 4.69) is 12.2 Å². The van der Waals surface area contributed by atoms with Crippen LogP contribution in [0.5, 0.6) is 0 Å². The summed E-state index contributed by atoms with van der Waals surface area (Å²) in [5, 5.41) is 2.81. The van der Waals surface area contributed by atoms with Gasteiger partial charge in [0.05, 0.1) is 11.4 Å². The molecule has 0 aromatic heterocycles. The number of anilines is 1. The van der Waals surface area contributed by atoms with Crippen molar-refractivity contribution >= 4 is 21.6 Å². The second-order valence-corrected chi connectivity index (χ2v) is 8.51. The maximum absolute atomic E-state index is 12.7. The van der Waals surface area contributed by atoms with Crippen molar-refractivity contribution in [1.29, 1.82) is 0 Å². The predicted octanol–water partition coefficient (Wildman–Crippen LogP) is 3.52. The van der Waals surface area contributed by atoms with Gasteiger partial charge >= 0.3 is 0 Å². The Bertz CT molecular complexity index is 854. The molecule has 5 nitrogen and oxygen atoms in total. The average Bonchev–Trinajstić information content (AvgIpc) is 2.59. The van der Waals surface area contributed by atoms with Crippen molar-refractivity contribution in [3.8, 4) is 0 Å². The van der Waals surface area contributed by atoms with Crippen molar-refractivity contribution in [2.45, 2.75) is 38.5 Å². The summed E-state index contributed by atoms with van der Waals surface area (Å²) in [5.41, 5.74) is 3.71. The van der Waals surface area contributed by atoms with Crippen LogP contribution in [-0.4, -0.2) is 32.2 Å². The first-order valence-electron chi connectivity index (χ1n) is 8.67. The van der Waals surface area contributed by atoms with Crippen LogP contribution >= 0.6 is 0 Å². The number of benzene rings is 2. The highest BCUT2D eigenvalue weighted by Gasteiger charge is 2.23. The predicted molar refractivity (Wildman–Crippen MR) is 105 cm³/mol. The highest BCUT2D eigenvalue weighted by molar-refractivity contribution is 7.89. The van der Waals surface area contributed by atoms with Gasteiger partial charge < -0.3 is 5.32 Å². The number of hydrogen-bond acceptors (Lipinski definition) is 3. The fourth-order valence-corrected chi connectivity index (χ4v) is 3.90. The first kappa shape index (κ1) is 20.1. The number of para-hydroxylation sites is 1. The Morgan fingerprint density at radius 3 is 2.15 bits per heavy atom. The Kier molecular flexibility index (Phi) is 6.56. The van der Waals surface area contributed by atoms with Crippen LogP contribution in [0.25, 0.3) is 0 Å². The van der Waals surface area contributed by atoms with Gasteiger partial charge in [-0.2, -0.15) is 4.31 Å². The Morgan fingerprint density at radius 2 is 1.62 bits per heavy atom. The number of aryl methyl sites for hydroxylation is 3. The van der Waals surface area contributed by atoms with Crippen LogP contribution in [0.1, 0.15) is 30.0 Å². The van der Waals surface area contributed by atoms with E-state index in [0.717, 1.165) is 39.5 Å². The Morgan fingerprint density at radius 1 is 1.04 bits per heavy atom. The summed E-state index contributed by atoms with van der Waals surface area (Å²) in [6.07, 6.45) is 1.92. The molecule has 6 heteroatoms. The van der Waals surface area contributed by atoms with E-state index in [1.54, 1.807) is 12.1 Å². The van der Waals surface area contributed by atoms with E-state index in [0.29, 0.717) is 0 Å². The Labute approximate surface area is 156 Å². The summed E-state index contributed by atoms with van der Waals surface area (Å²) in [6.45, 7) is 5.64. The lowest BCUT2D eigenvalue weighted by atomic mass is 10.1. The highest BCUT2D eigenvalue weighted by Crippen LogP contribution is 2.20. The lowest BCUT2D eigenvalue weighted by Crippen LogP contribution is -2.35. The van der Waals surface area contributed by atoms with Crippen molar-refractivity contribution in [3.63, 3.8) is 0 Å². The van der Waals surface area contributed by atoms with Gasteiger partial charge in [-0.25, -0.2) is 8.42 Å². The molecular weight excluding hydrogens is 348 g/mol. The van der Waals surface area contributed by atoms with E-state index in [1.807, 2.05) is 44.2 Å². The number of sulfonamides is 1. The Hall–Kier alpha value is -2.18. The number of nitrogens with one attached hydrogen (secondary N) is 1. The largest absolute Gasteiger partial charge is 0.324 e. The molecule has 0 aliphatic carbocycles. The molecule has 0 heterocycles. The number of amides is 1. The lowest BCUT2D eigenvalue weighted by molar-refractivity contribution is -0.116. The first-order valence-corrected chi connectivity index (χ1v) is 10.1. The fourth-order valence-electron chi connectivity index (χ4n) is 2.77. The second-order valence-electron chi connectivity index (χ2n) is 6.47. The van der Waals surface area contributed by atoms with Crippen LogP contribution in [-0.2, 0) is 21.2 Å². The number of carbonyl (C=O) groups excluding carboxylic acids is 1. The molecule has 1 N–H and O–H groups in total. The SMILES string of the molecule is CCCc1ccc(S(=O)(=O)N(C)CC(=O)Nc2c(C)cccc2C)cc1. The van der Waals surface area contributed by atoms with Crippen molar-refractivity contribution in [2.75, 3.05) is 18.9 Å². The summed E-state index contributed by atoms with van der Waals surface area (Å²) in [4.78, 5) is 12.5. The summed E-state index contributed by atoms with van der Waals surface area (Å²) >= 11 is 0. The van der Waals surface area contributed by atoms with Gasteiger partial charge in [-0.15, -0.1) is 0 Å². The molecule has 0 unspecified atom stereocenters. The standard InChI is InChI=1S/C20H26N2O3S/c1-5-7-17-10-12-18(13-11-17)26(24,25)22(4)14-19(23)21-20-15(2)8-6-9-16(20)3/h6,8-13H,5,7,14H2,1-4H3,(H,21,23). The van der Waals surface area contributed by atoms with E-state index >= 15 is 0 Å². The van der Waals surface area contributed by atoms with Crippen LogP contribution in [0, 0.1) is 13.8 Å². The quantitative estimate of drug-likeness (QED) is 0.806. The topological polar surface area (TPSA) is 66.5 Å². The molecule has 0 radical (unpaired) electrons. The summed E-state index contributed by atoms with van der Waals surface area (Å²) in [5.74, 6) is -0.365. The summed E-state index contributed by atoms with van der Waals surface area (Å²) in [7, 11) is -2.29. The van der Waals surface area contributed by atoms with E-state index < -0.39 is 10.0 Å². The maximum atomic E-state index is 12.7. The van der Waals surface area contributed by atoms with Crippen molar-refractivity contribution < 1.29 is 13.2 Å². The van der Waals surface area contributed by atoms with E-state index in [1.165, 1.54) is 7.05 Å². The van der Waals surface area contributed by atoms with Crippen LogP contribution in [0.3, 0.4) is 0 Å². The fraction of sp³-hybridized carbons (Fsp3) is 0.350. The number of hydrogen-bond donors (Lipinski definition) is 1. The Balaban J connectivity index is 2.09. The van der Waals surface area contributed by atoms with Crippen molar-refractivity contribution in [2.24, 2.45) is 0 Å². The van der Waals surface area contributed by atoms with Crippen molar-refractivity contribution in [1.82, 2.24) is 4.31 Å². The van der Waals surface area contributed by atoms with E-state index in [-0.39, 0.29) is 17.3 Å². The van der Waals surface area contributed by atoms with Gasteiger partial charge in [-0.05, 0) is 49.1 Å². The zero-order chi connectivity index (χ0) is 19.3. The minimum absolute atomic E-state index is 0.194. The second kappa shape index (κ2) is 8.47. The molecule has 0 saturated heterocycles. The smallest absolute Gasteiger partial charge is 0.243 e. The van der Waals surface area contributed by atoms with Gasteiger partial charge in [-0.3, -0.25) is 4.79 Å². The average molecular weight is 375 g/mol. The molecule has 1 amide bonds. The van der Waals surface area contributed by atoms with Gasteiger partial charge in [0, 0.05) is 12.7 Å². The highest BCUT2D eigenvalue weighted by atomic mass is 32.2. The molecule has 2 rings (SSSR count). The number of nitrogens with zero attached hydrogens (tertiary/aromatic N) is 1. The zero-order valence-corrected chi connectivity index (χ0v) is 16.6. The van der Waals surface area contributed by atoms with E-state index in [9.17, 15) is 13.2 Å². The van der Waals surface area contributed by atoms with Crippen LogP contribution in [0.15, 0.2) is 47.4 Å². The van der Waals surface area contributed by atoms with Crippen molar-refractivity contribution in [3.05, 3.63) is 59.2 Å². The third-order valence-electron chi connectivity index (χ3n) is 4.28. The van der Waals surface area contributed by atoms with Crippen LogP contribution in [0.4, 0.5) is 5.69 Å². The minimum atomic E-state index is -3.71. The molecule has 0 bridgehead atoms. The third-order valence-corrected chi connectivity index (χ3v) is 6.10. The number of likely N-dealkylation sites (N-methyl/N-ethyl adjacent to an activating group) is 1. The lowest BCUT2D eigenvalue weighted by Gasteiger charge is -2.18. The van der Waals surface area contributed by atoms with Gasteiger partial charge in [0.1, 0.15) is 0 Å². The molecule has 0 saturated carbocycles. The minimum Gasteiger partial charge on any atom is -0.324 e. The maximum Gasteiger partial charge on any atom is 0.243 e. The molecule has 0 atom stereocenters. The van der Waals surface area contributed by atoms with Gasteiger partial charge in [0.2, 0.25) is 15.9 Å². The molecule has 0 aliphatic rings. The van der Waals surface area contributed by atoms with Gasteiger partial charge in [0.15, 0.2) is 0 Å². The van der Waals surface area contributed by atoms with Gasteiger partial charge in [0.25, 0.3) is 0 Å². The zero-order valence-electron chi connectivity index (χ0n) is 15.7. The molecule has 0 spiro atoms. The molecule has 26 heavy (non-hydrogen) atoms. The molecule has 0 aliphatic heterocycles. The monoisotopic (exact) mass is 374 g/mol. The third kappa shape index (κ3) is 4.71. The molecule has 0 fully saturated rings. The molecular formula is C20H26N2O3S. The van der Waals surface area contributed by atoms with Crippen LogP contribution in [0.2, 0.25) is 0 Å². The van der Waals surface area contributed by atoms with Gasteiger partial charge in [-0.1, -0.05) is 43.7 Å². The normalized spacial score (nSPS) is 11.6. The molecule has 140 valence electrons. The molecule has 2 aromatic carbocycles.